The number of hydrogen-bond acceptors (Lipinski definition) is 3. The van der Waals surface area contributed by atoms with Crippen LogP contribution < -0.4 is 11.1 Å². The van der Waals surface area contributed by atoms with E-state index in [4.69, 9.17) is 5.73 Å². The second kappa shape index (κ2) is 5.93. The number of hydrogen-bond donors (Lipinski definition) is 2. The zero-order chi connectivity index (χ0) is 15.7. The van der Waals surface area contributed by atoms with Crippen molar-refractivity contribution >= 4 is 28.8 Å². The normalized spacial score (nSPS) is 16.9. The number of rotatable bonds is 3. The van der Waals surface area contributed by atoms with Gasteiger partial charge >= 0.3 is 0 Å². The van der Waals surface area contributed by atoms with E-state index < -0.39 is 5.91 Å². The molecule has 1 atom stereocenters. The second-order valence-electron chi connectivity index (χ2n) is 5.77. The number of amides is 2. The third-order valence-electron chi connectivity index (χ3n) is 3.99. The molecule has 1 heterocycles. The van der Waals surface area contributed by atoms with Crippen LogP contribution in [0.2, 0.25) is 0 Å². The zero-order valence-corrected chi connectivity index (χ0v) is 13.2. The Bertz CT molecular complexity index is 736. The van der Waals surface area contributed by atoms with E-state index in [0.717, 1.165) is 12.8 Å². The van der Waals surface area contributed by atoms with Gasteiger partial charge in [-0.3, -0.25) is 9.59 Å². The maximum absolute atomic E-state index is 12.4. The molecule has 1 aromatic carbocycles. The number of primary amides is 1. The molecule has 1 aliphatic rings. The van der Waals surface area contributed by atoms with Gasteiger partial charge in [0.2, 0.25) is 0 Å². The zero-order valence-electron chi connectivity index (χ0n) is 12.4. The SMILES string of the molecule is CC1CCc2sc(C(=O)Nc3ccccc3C(N)=O)cc2C1. The summed E-state index contributed by atoms with van der Waals surface area (Å²) < 4.78 is 0. The quantitative estimate of drug-likeness (QED) is 0.913. The van der Waals surface area contributed by atoms with Crippen molar-refractivity contribution in [3.63, 3.8) is 0 Å². The molecule has 114 valence electrons. The van der Waals surface area contributed by atoms with Gasteiger partial charge in [-0.2, -0.15) is 0 Å². The molecule has 1 aromatic heterocycles. The first-order valence-electron chi connectivity index (χ1n) is 7.36. The minimum atomic E-state index is -0.546. The summed E-state index contributed by atoms with van der Waals surface area (Å²) in [5.41, 5.74) is 7.41. The highest BCUT2D eigenvalue weighted by molar-refractivity contribution is 7.14. The predicted octanol–water partition coefficient (Wildman–Crippen LogP) is 3.22. The Hall–Kier alpha value is -2.14. The number of nitrogens with one attached hydrogen (secondary N) is 1. The Balaban J connectivity index is 1.82. The topological polar surface area (TPSA) is 72.2 Å². The Kier molecular flexibility index (Phi) is 3.98. The van der Waals surface area contributed by atoms with Gasteiger partial charge in [0.25, 0.3) is 11.8 Å². The van der Waals surface area contributed by atoms with Gasteiger partial charge in [0.05, 0.1) is 16.1 Å². The number of benzene rings is 1. The minimum Gasteiger partial charge on any atom is -0.366 e. The fourth-order valence-corrected chi connectivity index (χ4v) is 3.91. The molecule has 2 amide bonds. The van der Waals surface area contributed by atoms with Crippen molar-refractivity contribution in [2.24, 2.45) is 11.7 Å². The molecule has 0 saturated carbocycles. The summed E-state index contributed by atoms with van der Waals surface area (Å²) in [6.45, 7) is 2.24. The summed E-state index contributed by atoms with van der Waals surface area (Å²) in [4.78, 5) is 25.8. The lowest BCUT2D eigenvalue weighted by Gasteiger charge is -2.16. The monoisotopic (exact) mass is 314 g/mol. The smallest absolute Gasteiger partial charge is 0.265 e. The van der Waals surface area contributed by atoms with Crippen molar-refractivity contribution in [2.45, 2.75) is 26.2 Å². The summed E-state index contributed by atoms with van der Waals surface area (Å²) >= 11 is 1.55. The molecule has 1 unspecified atom stereocenters. The van der Waals surface area contributed by atoms with E-state index in [1.165, 1.54) is 16.9 Å². The Morgan fingerprint density at radius 3 is 2.86 bits per heavy atom. The van der Waals surface area contributed by atoms with Gasteiger partial charge in [0, 0.05) is 4.88 Å². The maximum Gasteiger partial charge on any atom is 0.265 e. The van der Waals surface area contributed by atoms with Gasteiger partial charge in [-0.15, -0.1) is 11.3 Å². The van der Waals surface area contributed by atoms with Crippen LogP contribution in [0.4, 0.5) is 5.69 Å². The maximum atomic E-state index is 12.4. The molecule has 3 rings (SSSR count). The Morgan fingerprint density at radius 1 is 1.32 bits per heavy atom. The molecule has 22 heavy (non-hydrogen) atoms. The number of para-hydroxylation sites is 1. The molecule has 0 aliphatic heterocycles. The first-order valence-corrected chi connectivity index (χ1v) is 8.18. The fourth-order valence-electron chi connectivity index (χ4n) is 2.81. The molecule has 2 aromatic rings. The third kappa shape index (κ3) is 2.90. The predicted molar refractivity (Wildman–Crippen MR) is 88.4 cm³/mol. The lowest BCUT2D eigenvalue weighted by molar-refractivity contribution is 0.100. The Morgan fingerprint density at radius 2 is 2.09 bits per heavy atom. The first-order chi connectivity index (χ1) is 10.5. The van der Waals surface area contributed by atoms with Gasteiger partial charge < -0.3 is 11.1 Å². The van der Waals surface area contributed by atoms with E-state index in [-0.39, 0.29) is 5.91 Å². The highest BCUT2D eigenvalue weighted by Gasteiger charge is 2.21. The van der Waals surface area contributed by atoms with Crippen LogP contribution in [0.25, 0.3) is 0 Å². The summed E-state index contributed by atoms with van der Waals surface area (Å²) in [6.07, 6.45) is 3.27. The van der Waals surface area contributed by atoms with Crippen LogP contribution in [0.15, 0.2) is 30.3 Å². The summed E-state index contributed by atoms with van der Waals surface area (Å²) in [7, 11) is 0. The van der Waals surface area contributed by atoms with Crippen LogP contribution in [0.1, 0.15) is 43.8 Å². The van der Waals surface area contributed by atoms with Gasteiger partial charge in [-0.05, 0) is 48.9 Å². The highest BCUT2D eigenvalue weighted by atomic mass is 32.1. The fraction of sp³-hybridized carbons (Fsp3) is 0.294. The number of thiophene rings is 1. The van der Waals surface area contributed by atoms with Crippen LogP contribution in [-0.4, -0.2) is 11.8 Å². The molecule has 0 spiro atoms. The van der Waals surface area contributed by atoms with Crippen LogP contribution in [0, 0.1) is 5.92 Å². The average Bonchev–Trinajstić information content (AvgIpc) is 2.90. The summed E-state index contributed by atoms with van der Waals surface area (Å²) in [5.74, 6) is -0.0513. The molecular weight excluding hydrogens is 296 g/mol. The second-order valence-corrected chi connectivity index (χ2v) is 6.91. The standard InChI is InChI=1S/C17H18N2O2S/c1-10-6-7-14-11(8-10)9-15(22-14)17(21)19-13-5-3-2-4-12(13)16(18)20/h2-5,9-10H,6-8H2,1H3,(H2,18,20)(H,19,21). The molecule has 1 aliphatic carbocycles. The molecule has 0 fully saturated rings. The highest BCUT2D eigenvalue weighted by Crippen LogP contribution is 2.32. The van der Waals surface area contributed by atoms with E-state index in [2.05, 4.69) is 12.2 Å². The molecule has 4 nitrogen and oxygen atoms in total. The van der Waals surface area contributed by atoms with Gasteiger partial charge in [-0.25, -0.2) is 0 Å². The van der Waals surface area contributed by atoms with Gasteiger partial charge in [0.1, 0.15) is 0 Å². The Labute approximate surface area is 133 Å². The summed E-state index contributed by atoms with van der Waals surface area (Å²) in [5, 5.41) is 2.80. The van der Waals surface area contributed by atoms with Crippen LogP contribution in [0.3, 0.4) is 0 Å². The van der Waals surface area contributed by atoms with E-state index in [9.17, 15) is 9.59 Å². The minimum absolute atomic E-state index is 0.180. The first kappa shape index (κ1) is 14.8. The lowest BCUT2D eigenvalue weighted by Crippen LogP contribution is -2.17. The third-order valence-corrected chi connectivity index (χ3v) is 5.23. The van der Waals surface area contributed by atoms with Crippen molar-refractivity contribution in [3.05, 3.63) is 51.2 Å². The van der Waals surface area contributed by atoms with E-state index in [1.807, 2.05) is 6.07 Å². The molecular formula is C17H18N2O2S. The number of fused-ring (bicyclic) bond motifs is 1. The van der Waals surface area contributed by atoms with Crippen LogP contribution in [0.5, 0.6) is 0 Å². The van der Waals surface area contributed by atoms with Crippen LogP contribution >= 0.6 is 11.3 Å². The number of anilines is 1. The van der Waals surface area contributed by atoms with Crippen molar-refractivity contribution < 1.29 is 9.59 Å². The lowest BCUT2D eigenvalue weighted by atomic mass is 9.90. The van der Waals surface area contributed by atoms with Crippen LogP contribution in [-0.2, 0) is 12.8 Å². The van der Waals surface area contributed by atoms with E-state index in [0.29, 0.717) is 22.0 Å². The van der Waals surface area contributed by atoms with Crippen molar-refractivity contribution in [2.75, 3.05) is 5.32 Å². The molecule has 0 bridgehead atoms. The molecule has 3 N–H and O–H groups in total. The molecule has 0 radical (unpaired) electrons. The summed E-state index contributed by atoms with van der Waals surface area (Å²) in [6, 6.07) is 8.77. The van der Waals surface area contributed by atoms with Crippen molar-refractivity contribution in [1.82, 2.24) is 0 Å². The van der Waals surface area contributed by atoms with Gasteiger partial charge in [-0.1, -0.05) is 19.1 Å². The number of carbonyl (C=O) groups is 2. The molecule has 5 heteroatoms. The molecule has 0 saturated heterocycles. The largest absolute Gasteiger partial charge is 0.366 e. The average molecular weight is 314 g/mol. The number of nitrogens with two attached hydrogens (primary N) is 1. The number of carbonyl (C=O) groups excluding carboxylic acids is 2. The van der Waals surface area contributed by atoms with E-state index in [1.54, 1.807) is 35.6 Å². The van der Waals surface area contributed by atoms with Crippen molar-refractivity contribution in [1.29, 1.82) is 0 Å². The van der Waals surface area contributed by atoms with Gasteiger partial charge in [0.15, 0.2) is 0 Å². The van der Waals surface area contributed by atoms with Crippen molar-refractivity contribution in [3.8, 4) is 0 Å². The van der Waals surface area contributed by atoms with E-state index >= 15 is 0 Å². The number of aryl methyl sites for hydroxylation is 1.